The molecule has 0 bridgehead atoms. The lowest BCUT2D eigenvalue weighted by atomic mass is 10.1. The first-order chi connectivity index (χ1) is 10.9. The van der Waals surface area contributed by atoms with Crippen molar-refractivity contribution in [2.75, 3.05) is 12.4 Å². The van der Waals surface area contributed by atoms with Gasteiger partial charge < -0.3 is 5.32 Å². The number of hydrogen-bond acceptors (Lipinski definition) is 3. The second-order valence-electron chi connectivity index (χ2n) is 5.19. The van der Waals surface area contributed by atoms with Crippen molar-refractivity contribution in [2.45, 2.75) is 25.2 Å². The minimum absolute atomic E-state index is 0.152. The van der Waals surface area contributed by atoms with Gasteiger partial charge in [-0.3, -0.25) is 4.79 Å². The zero-order chi connectivity index (χ0) is 17.0. The van der Waals surface area contributed by atoms with Crippen molar-refractivity contribution in [3.8, 4) is 0 Å². The van der Waals surface area contributed by atoms with Crippen LogP contribution in [0.5, 0.6) is 0 Å². The first-order valence-corrected chi connectivity index (χ1v) is 8.80. The molecule has 0 heterocycles. The summed E-state index contributed by atoms with van der Waals surface area (Å²) < 4.78 is 26.2. The van der Waals surface area contributed by atoms with Crippen molar-refractivity contribution in [1.29, 1.82) is 0 Å². The van der Waals surface area contributed by atoms with E-state index >= 15 is 0 Å². The van der Waals surface area contributed by atoms with Gasteiger partial charge in [0.1, 0.15) is 0 Å². The van der Waals surface area contributed by atoms with Gasteiger partial charge in [0.05, 0.1) is 4.90 Å². The molecule has 0 radical (unpaired) electrons. The summed E-state index contributed by atoms with van der Waals surface area (Å²) in [6.07, 6.45) is 0.908. The molecule has 0 saturated heterocycles. The summed E-state index contributed by atoms with van der Waals surface area (Å²) in [4.78, 5) is 12.4. The number of hydrogen-bond donors (Lipinski definition) is 2. The number of amides is 1. The van der Waals surface area contributed by atoms with Crippen LogP contribution in [0.1, 0.15) is 28.4 Å². The van der Waals surface area contributed by atoms with E-state index in [4.69, 9.17) is 0 Å². The Balaban J connectivity index is 2.26. The molecule has 2 aromatic rings. The van der Waals surface area contributed by atoms with Gasteiger partial charge in [-0.1, -0.05) is 25.1 Å². The second kappa shape index (κ2) is 6.93. The molecule has 0 aliphatic rings. The third kappa shape index (κ3) is 3.97. The lowest BCUT2D eigenvalue weighted by Crippen LogP contribution is -2.20. The molecule has 6 heteroatoms. The Hall–Kier alpha value is -2.18. The Morgan fingerprint density at radius 3 is 2.30 bits per heavy atom. The zero-order valence-corrected chi connectivity index (χ0v) is 14.2. The minimum atomic E-state index is -3.56. The van der Waals surface area contributed by atoms with Gasteiger partial charge in [-0.15, -0.1) is 0 Å². The average Bonchev–Trinajstić information content (AvgIpc) is 2.56. The predicted molar refractivity (Wildman–Crippen MR) is 91.2 cm³/mol. The lowest BCUT2D eigenvalue weighted by molar-refractivity contribution is 0.102. The van der Waals surface area contributed by atoms with Crippen LogP contribution in [-0.2, 0) is 16.4 Å². The summed E-state index contributed by atoms with van der Waals surface area (Å²) in [6, 6.07) is 12.1. The summed E-state index contributed by atoms with van der Waals surface area (Å²) in [6.45, 7) is 3.75. The van der Waals surface area contributed by atoms with Crippen LogP contribution >= 0.6 is 0 Å². The molecular weight excluding hydrogens is 312 g/mol. The molecule has 1 amide bonds. The Morgan fingerprint density at radius 2 is 1.74 bits per heavy atom. The Bertz CT molecular complexity index is 812. The number of benzene rings is 2. The summed E-state index contributed by atoms with van der Waals surface area (Å²) in [5.41, 5.74) is 2.73. The second-order valence-corrected chi connectivity index (χ2v) is 7.05. The fraction of sp³-hybridized carbons (Fsp3) is 0.235. The highest BCUT2D eigenvalue weighted by Crippen LogP contribution is 2.20. The summed E-state index contributed by atoms with van der Waals surface area (Å²) in [5.74, 6) is -0.274. The molecule has 0 aromatic heterocycles. The van der Waals surface area contributed by atoms with Gasteiger partial charge in [-0.25, -0.2) is 13.1 Å². The molecule has 0 aliphatic heterocycles. The van der Waals surface area contributed by atoms with Crippen LogP contribution in [0, 0.1) is 6.92 Å². The van der Waals surface area contributed by atoms with Crippen molar-refractivity contribution in [3.05, 3.63) is 59.2 Å². The van der Waals surface area contributed by atoms with Gasteiger partial charge in [-0.2, -0.15) is 0 Å². The highest BCUT2D eigenvalue weighted by Gasteiger charge is 2.16. The number of rotatable bonds is 5. The van der Waals surface area contributed by atoms with Crippen LogP contribution in [0.2, 0.25) is 0 Å². The Kier molecular flexibility index (Phi) is 5.18. The molecule has 0 aliphatic carbocycles. The Labute approximate surface area is 136 Å². The summed E-state index contributed by atoms with van der Waals surface area (Å²) >= 11 is 0. The molecule has 0 atom stereocenters. The maximum Gasteiger partial charge on any atom is 0.255 e. The van der Waals surface area contributed by atoms with Gasteiger partial charge in [0.25, 0.3) is 5.91 Å². The van der Waals surface area contributed by atoms with Gasteiger partial charge in [0.15, 0.2) is 0 Å². The van der Waals surface area contributed by atoms with E-state index in [9.17, 15) is 13.2 Å². The van der Waals surface area contributed by atoms with E-state index in [1.54, 1.807) is 31.2 Å². The normalized spacial score (nSPS) is 11.3. The Morgan fingerprint density at radius 1 is 1.09 bits per heavy atom. The molecular formula is C17H20N2O3S. The standard InChI is InChI=1S/C17H20N2O3S/c1-4-13-6-8-14(9-7-13)17(20)19-15-10-5-12(2)16(11-15)23(21,22)18-3/h5-11,18H,4H2,1-3H3,(H,19,20). The molecule has 0 saturated carbocycles. The maximum absolute atomic E-state index is 12.3. The molecule has 2 aromatic carbocycles. The molecule has 122 valence electrons. The molecule has 0 fully saturated rings. The number of anilines is 1. The van der Waals surface area contributed by atoms with Gasteiger partial charge in [0, 0.05) is 11.3 Å². The van der Waals surface area contributed by atoms with Crippen LogP contribution in [0.4, 0.5) is 5.69 Å². The maximum atomic E-state index is 12.3. The number of carbonyl (C=O) groups is 1. The van der Waals surface area contributed by atoms with E-state index in [0.29, 0.717) is 16.8 Å². The van der Waals surface area contributed by atoms with Crippen LogP contribution in [0.15, 0.2) is 47.4 Å². The molecule has 5 nitrogen and oxygen atoms in total. The van der Waals surface area contributed by atoms with Crippen LogP contribution in [0.3, 0.4) is 0 Å². The first kappa shape index (κ1) is 17.2. The van der Waals surface area contributed by atoms with E-state index < -0.39 is 10.0 Å². The largest absolute Gasteiger partial charge is 0.322 e. The zero-order valence-electron chi connectivity index (χ0n) is 13.4. The fourth-order valence-electron chi connectivity index (χ4n) is 2.17. The highest BCUT2D eigenvalue weighted by molar-refractivity contribution is 7.89. The lowest BCUT2D eigenvalue weighted by Gasteiger charge is -2.10. The fourth-order valence-corrected chi connectivity index (χ4v) is 3.17. The molecule has 2 rings (SSSR count). The smallest absolute Gasteiger partial charge is 0.255 e. The third-order valence-corrected chi connectivity index (χ3v) is 5.18. The van der Waals surface area contributed by atoms with E-state index in [-0.39, 0.29) is 10.8 Å². The monoisotopic (exact) mass is 332 g/mol. The number of nitrogens with one attached hydrogen (secondary N) is 2. The van der Waals surface area contributed by atoms with Crippen molar-refractivity contribution in [3.63, 3.8) is 0 Å². The molecule has 0 unspecified atom stereocenters. The number of sulfonamides is 1. The molecule has 23 heavy (non-hydrogen) atoms. The van der Waals surface area contributed by atoms with Crippen molar-refractivity contribution in [1.82, 2.24) is 4.72 Å². The number of carbonyl (C=O) groups excluding carboxylic acids is 1. The van der Waals surface area contributed by atoms with Crippen LogP contribution in [-0.4, -0.2) is 21.4 Å². The summed E-state index contributed by atoms with van der Waals surface area (Å²) in [5, 5.41) is 2.73. The van der Waals surface area contributed by atoms with Crippen molar-refractivity contribution >= 4 is 21.6 Å². The minimum Gasteiger partial charge on any atom is -0.322 e. The molecule has 0 spiro atoms. The van der Waals surface area contributed by atoms with E-state index in [1.807, 2.05) is 19.1 Å². The van der Waals surface area contributed by atoms with Crippen molar-refractivity contribution in [2.24, 2.45) is 0 Å². The van der Waals surface area contributed by atoms with Crippen LogP contribution in [0.25, 0.3) is 0 Å². The highest BCUT2D eigenvalue weighted by atomic mass is 32.2. The third-order valence-electron chi connectivity index (χ3n) is 3.63. The first-order valence-electron chi connectivity index (χ1n) is 7.32. The summed E-state index contributed by atoms with van der Waals surface area (Å²) in [7, 11) is -2.21. The van der Waals surface area contributed by atoms with Gasteiger partial charge in [0.2, 0.25) is 10.0 Å². The van der Waals surface area contributed by atoms with Crippen molar-refractivity contribution < 1.29 is 13.2 Å². The van der Waals surface area contributed by atoms with Gasteiger partial charge >= 0.3 is 0 Å². The van der Waals surface area contributed by atoms with E-state index in [2.05, 4.69) is 10.0 Å². The van der Waals surface area contributed by atoms with Crippen LogP contribution < -0.4 is 10.0 Å². The molecule has 2 N–H and O–H groups in total. The van der Waals surface area contributed by atoms with E-state index in [1.165, 1.54) is 13.1 Å². The topological polar surface area (TPSA) is 75.3 Å². The average molecular weight is 332 g/mol. The number of aryl methyl sites for hydroxylation is 2. The van der Waals surface area contributed by atoms with E-state index in [0.717, 1.165) is 12.0 Å². The quantitative estimate of drug-likeness (QED) is 0.884. The predicted octanol–water partition coefficient (Wildman–Crippen LogP) is 2.72. The SMILES string of the molecule is CCc1ccc(C(=O)Nc2ccc(C)c(S(=O)(=O)NC)c2)cc1. The van der Waals surface area contributed by atoms with Gasteiger partial charge in [-0.05, 0) is 55.8 Å².